The fraction of sp³-hybridized carbons (Fsp3) is 0.389. The van der Waals surface area contributed by atoms with E-state index in [9.17, 15) is 9.90 Å². The van der Waals surface area contributed by atoms with Crippen molar-refractivity contribution in [3.63, 3.8) is 0 Å². The molecule has 0 saturated heterocycles. The second-order valence-electron chi connectivity index (χ2n) is 5.71. The molecular formula is C18H23NO4. The Morgan fingerprint density at radius 2 is 1.96 bits per heavy atom. The van der Waals surface area contributed by atoms with Crippen LogP contribution < -0.4 is 10.1 Å². The maximum atomic E-state index is 12.0. The van der Waals surface area contributed by atoms with Crippen LogP contribution in [0.5, 0.6) is 5.75 Å². The van der Waals surface area contributed by atoms with E-state index < -0.39 is 5.60 Å². The fourth-order valence-corrected chi connectivity index (χ4v) is 2.20. The zero-order valence-electron chi connectivity index (χ0n) is 13.8. The second kappa shape index (κ2) is 7.33. The summed E-state index contributed by atoms with van der Waals surface area (Å²) in [4.78, 5) is 12.0. The quantitative estimate of drug-likeness (QED) is 0.823. The summed E-state index contributed by atoms with van der Waals surface area (Å²) in [6, 6.07) is 10.9. The first-order valence-electron chi connectivity index (χ1n) is 7.68. The van der Waals surface area contributed by atoms with E-state index >= 15 is 0 Å². The van der Waals surface area contributed by atoms with Crippen LogP contribution in [0, 0.1) is 6.92 Å². The predicted octanol–water partition coefficient (Wildman–Crippen LogP) is 2.55. The van der Waals surface area contributed by atoms with Crippen LogP contribution >= 0.6 is 0 Å². The lowest BCUT2D eigenvalue weighted by Gasteiger charge is -2.21. The number of hydrogen-bond donors (Lipinski definition) is 2. The number of amides is 1. The van der Waals surface area contributed by atoms with Crippen LogP contribution in [0.3, 0.4) is 0 Å². The fourth-order valence-electron chi connectivity index (χ4n) is 2.20. The minimum atomic E-state index is -1.23. The van der Waals surface area contributed by atoms with Crippen molar-refractivity contribution in [1.29, 1.82) is 0 Å². The topological polar surface area (TPSA) is 71.7 Å². The number of benzene rings is 1. The van der Waals surface area contributed by atoms with Gasteiger partial charge in [0.1, 0.15) is 22.9 Å². The Hall–Kier alpha value is -2.27. The van der Waals surface area contributed by atoms with Gasteiger partial charge in [-0.2, -0.15) is 0 Å². The van der Waals surface area contributed by atoms with Gasteiger partial charge in [0.2, 0.25) is 5.91 Å². The Morgan fingerprint density at radius 1 is 1.26 bits per heavy atom. The van der Waals surface area contributed by atoms with Gasteiger partial charge in [-0.25, -0.2) is 0 Å². The number of furan rings is 1. The molecule has 124 valence electrons. The Balaban J connectivity index is 1.87. The summed E-state index contributed by atoms with van der Waals surface area (Å²) >= 11 is 0. The lowest BCUT2D eigenvalue weighted by atomic mass is 10.0. The highest BCUT2D eigenvalue weighted by Crippen LogP contribution is 2.22. The van der Waals surface area contributed by atoms with E-state index in [4.69, 9.17) is 9.15 Å². The van der Waals surface area contributed by atoms with E-state index in [1.165, 1.54) is 0 Å². The monoisotopic (exact) mass is 317 g/mol. The van der Waals surface area contributed by atoms with Crippen molar-refractivity contribution in [1.82, 2.24) is 5.32 Å². The molecule has 2 aromatic rings. The predicted molar refractivity (Wildman–Crippen MR) is 87.3 cm³/mol. The largest absolute Gasteiger partial charge is 0.494 e. The van der Waals surface area contributed by atoms with Gasteiger partial charge in [0.05, 0.1) is 19.6 Å². The highest BCUT2D eigenvalue weighted by molar-refractivity contribution is 5.78. The van der Waals surface area contributed by atoms with Gasteiger partial charge >= 0.3 is 0 Å². The molecular weight excluding hydrogens is 294 g/mol. The average Bonchev–Trinajstić information content (AvgIpc) is 2.95. The van der Waals surface area contributed by atoms with E-state index in [1.54, 1.807) is 19.1 Å². The molecule has 1 atom stereocenters. The third-order valence-electron chi connectivity index (χ3n) is 3.50. The van der Waals surface area contributed by atoms with E-state index in [0.717, 1.165) is 17.1 Å². The molecule has 0 aliphatic rings. The van der Waals surface area contributed by atoms with Crippen LogP contribution in [0.1, 0.15) is 30.9 Å². The number of rotatable bonds is 7. The molecule has 0 aliphatic carbocycles. The maximum absolute atomic E-state index is 12.0. The van der Waals surface area contributed by atoms with Gasteiger partial charge in [-0.05, 0) is 50.6 Å². The summed E-state index contributed by atoms with van der Waals surface area (Å²) < 4.78 is 10.8. The minimum absolute atomic E-state index is 0.0931. The molecule has 5 nitrogen and oxygen atoms in total. The summed E-state index contributed by atoms with van der Waals surface area (Å²) in [7, 11) is 0. The Labute approximate surface area is 136 Å². The molecule has 1 amide bonds. The van der Waals surface area contributed by atoms with Crippen LogP contribution in [0.2, 0.25) is 0 Å². The molecule has 1 aromatic carbocycles. The highest BCUT2D eigenvalue weighted by atomic mass is 16.5. The van der Waals surface area contributed by atoms with Crippen molar-refractivity contribution in [2.24, 2.45) is 0 Å². The third-order valence-corrected chi connectivity index (χ3v) is 3.50. The lowest BCUT2D eigenvalue weighted by Crippen LogP contribution is -2.39. The van der Waals surface area contributed by atoms with E-state index in [-0.39, 0.29) is 18.9 Å². The molecule has 1 unspecified atom stereocenters. The van der Waals surface area contributed by atoms with Crippen LogP contribution in [-0.2, 0) is 16.8 Å². The molecule has 2 rings (SSSR count). The molecule has 1 heterocycles. The first kappa shape index (κ1) is 17.1. The molecule has 0 bridgehead atoms. The van der Waals surface area contributed by atoms with Crippen LogP contribution in [0.4, 0.5) is 0 Å². The van der Waals surface area contributed by atoms with E-state index in [1.807, 2.05) is 38.1 Å². The number of carbonyl (C=O) groups excluding carboxylic acids is 1. The molecule has 0 saturated carbocycles. The van der Waals surface area contributed by atoms with Gasteiger partial charge in [-0.3, -0.25) is 4.79 Å². The summed E-state index contributed by atoms with van der Waals surface area (Å²) in [5.41, 5.74) is -0.345. The molecule has 0 aliphatic heterocycles. The van der Waals surface area contributed by atoms with Gasteiger partial charge < -0.3 is 19.6 Å². The molecule has 0 radical (unpaired) electrons. The van der Waals surface area contributed by atoms with Crippen LogP contribution in [-0.4, -0.2) is 24.2 Å². The standard InChI is InChI=1S/C18H23NO4/c1-4-22-15-8-6-14(7-9-15)11-17(20)19-12-18(3,21)16-10-5-13(2)23-16/h5-10,21H,4,11-12H2,1-3H3,(H,19,20). The lowest BCUT2D eigenvalue weighted by molar-refractivity contribution is -0.121. The summed E-state index contributed by atoms with van der Waals surface area (Å²) in [6.45, 7) is 6.05. The summed E-state index contributed by atoms with van der Waals surface area (Å²) in [6.07, 6.45) is 0.250. The molecule has 0 spiro atoms. The molecule has 0 fully saturated rings. The van der Waals surface area contributed by atoms with Gasteiger partial charge in [-0.15, -0.1) is 0 Å². The zero-order chi connectivity index (χ0) is 16.9. The van der Waals surface area contributed by atoms with Crippen LogP contribution in [0.25, 0.3) is 0 Å². The van der Waals surface area contributed by atoms with Crippen molar-refractivity contribution in [2.75, 3.05) is 13.2 Å². The Morgan fingerprint density at radius 3 is 2.52 bits per heavy atom. The smallest absolute Gasteiger partial charge is 0.224 e. The average molecular weight is 317 g/mol. The Kier molecular flexibility index (Phi) is 5.45. The van der Waals surface area contributed by atoms with Crippen molar-refractivity contribution in [2.45, 2.75) is 32.8 Å². The first-order chi connectivity index (χ1) is 10.9. The van der Waals surface area contributed by atoms with Gasteiger partial charge in [0, 0.05) is 0 Å². The summed E-state index contributed by atoms with van der Waals surface area (Å²) in [5.74, 6) is 1.79. The number of aryl methyl sites for hydroxylation is 1. The number of hydrogen-bond acceptors (Lipinski definition) is 4. The number of ether oxygens (including phenoxy) is 1. The highest BCUT2D eigenvalue weighted by Gasteiger charge is 2.27. The minimum Gasteiger partial charge on any atom is -0.494 e. The SMILES string of the molecule is CCOc1ccc(CC(=O)NCC(C)(O)c2ccc(C)o2)cc1. The molecule has 23 heavy (non-hydrogen) atoms. The third kappa shape index (κ3) is 4.86. The van der Waals surface area contributed by atoms with Crippen molar-refractivity contribution < 1.29 is 19.1 Å². The second-order valence-corrected chi connectivity index (χ2v) is 5.71. The molecule has 1 aromatic heterocycles. The van der Waals surface area contributed by atoms with Crippen molar-refractivity contribution >= 4 is 5.91 Å². The maximum Gasteiger partial charge on any atom is 0.224 e. The van der Waals surface area contributed by atoms with Gasteiger partial charge in [0.15, 0.2) is 0 Å². The van der Waals surface area contributed by atoms with Crippen LogP contribution in [0.15, 0.2) is 40.8 Å². The normalized spacial score (nSPS) is 13.4. The Bertz CT molecular complexity index is 643. The van der Waals surface area contributed by atoms with Gasteiger partial charge in [-0.1, -0.05) is 12.1 Å². The van der Waals surface area contributed by atoms with Crippen molar-refractivity contribution in [3.8, 4) is 5.75 Å². The summed E-state index contributed by atoms with van der Waals surface area (Å²) in [5, 5.41) is 13.1. The van der Waals surface area contributed by atoms with E-state index in [0.29, 0.717) is 12.4 Å². The number of nitrogens with one attached hydrogen (secondary N) is 1. The zero-order valence-corrected chi connectivity index (χ0v) is 13.8. The van der Waals surface area contributed by atoms with Gasteiger partial charge in [0.25, 0.3) is 0 Å². The van der Waals surface area contributed by atoms with E-state index in [2.05, 4.69) is 5.32 Å². The first-order valence-corrected chi connectivity index (χ1v) is 7.68. The number of aliphatic hydroxyl groups is 1. The molecule has 5 heteroatoms. The molecule has 2 N–H and O–H groups in total. The number of carbonyl (C=O) groups is 1. The van der Waals surface area contributed by atoms with Crippen molar-refractivity contribution in [3.05, 3.63) is 53.5 Å².